The maximum atomic E-state index is 14.3. The van der Waals surface area contributed by atoms with E-state index in [1.54, 1.807) is 0 Å². The Balaban J connectivity index is 1.58. The molecule has 0 aliphatic heterocycles. The summed E-state index contributed by atoms with van der Waals surface area (Å²) in [5.41, 5.74) is 0.302. The van der Waals surface area contributed by atoms with Gasteiger partial charge in [-0.25, -0.2) is 8.78 Å². The summed E-state index contributed by atoms with van der Waals surface area (Å²) in [6, 6.07) is 6.27. The topological polar surface area (TPSA) is 72.2 Å². The van der Waals surface area contributed by atoms with E-state index in [2.05, 4.69) is 5.32 Å². The van der Waals surface area contributed by atoms with Gasteiger partial charge in [0.1, 0.15) is 15.8 Å². The number of hydrogen-bond donors (Lipinski definition) is 2. The van der Waals surface area contributed by atoms with Crippen molar-refractivity contribution in [2.45, 2.75) is 29.0 Å². The number of ketones is 1. The third-order valence-electron chi connectivity index (χ3n) is 6.40. The number of nitrogens with one attached hydrogen (secondary N) is 1. The lowest BCUT2D eigenvalue weighted by atomic mass is 10.0. The number of benzene rings is 3. The second-order valence-electron chi connectivity index (χ2n) is 9.19. The molecule has 4 rings (SSSR count). The Bertz CT molecular complexity index is 1520. The van der Waals surface area contributed by atoms with Gasteiger partial charge in [-0.15, -0.1) is 23.2 Å². The van der Waals surface area contributed by atoms with Gasteiger partial charge in [0.2, 0.25) is 5.91 Å². The average molecular weight is 646 g/mol. The molecule has 0 spiro atoms. The van der Waals surface area contributed by atoms with E-state index >= 15 is 0 Å². The second-order valence-corrected chi connectivity index (χ2v) is 11.0. The van der Waals surface area contributed by atoms with Crippen molar-refractivity contribution in [3.63, 3.8) is 0 Å². The van der Waals surface area contributed by atoms with Crippen LogP contribution >= 0.6 is 34.8 Å². The summed E-state index contributed by atoms with van der Waals surface area (Å²) < 4.78 is 105. The molecule has 0 saturated heterocycles. The fraction of sp³-hybridized carbons (Fsp3) is 0.231. The van der Waals surface area contributed by atoms with E-state index in [1.807, 2.05) is 0 Å². The fourth-order valence-electron chi connectivity index (χ4n) is 4.28. The van der Waals surface area contributed by atoms with Crippen molar-refractivity contribution in [3.05, 3.63) is 93.0 Å². The lowest BCUT2D eigenvalue weighted by Crippen LogP contribution is -2.18. The molecule has 1 aliphatic rings. The number of carbonyl (C=O) groups excluding carboxylic acids is 2. The molecule has 0 heterocycles. The largest absolute Gasteiger partial charge is 0.416 e. The van der Waals surface area contributed by atoms with Gasteiger partial charge in [0, 0.05) is 23.6 Å². The molecule has 2 atom stereocenters. The summed E-state index contributed by atoms with van der Waals surface area (Å²) in [5, 5.41) is 2.26. The number of halogens is 11. The van der Waals surface area contributed by atoms with Crippen molar-refractivity contribution < 1.29 is 44.7 Å². The minimum Gasteiger partial charge on any atom is -0.394 e. The van der Waals surface area contributed by atoms with Crippen LogP contribution in [0.2, 0.25) is 5.02 Å². The van der Waals surface area contributed by atoms with Crippen LogP contribution in [0.4, 0.5) is 46.5 Å². The third kappa shape index (κ3) is 6.24. The zero-order valence-electron chi connectivity index (χ0n) is 20.0. The molecule has 0 bridgehead atoms. The first-order valence-electron chi connectivity index (χ1n) is 11.4. The standard InChI is InChI=1S/C26H15Cl3F8N2O2/c27-16-3-2-14(9-15(16)18(40)7-10-1-4-17(30)22(38)21(10)31)39-23(41)20-19(24(20,28)29)11-5-12(25(32,33)34)8-13(6-11)26(35,36)37/h1-6,8-9,19-20H,7,38H2,(H,39,41). The summed E-state index contributed by atoms with van der Waals surface area (Å²) in [5.74, 6) is -6.77. The Morgan fingerprint density at radius 1 is 0.902 bits per heavy atom. The number of hydrogen-bond acceptors (Lipinski definition) is 3. The highest BCUT2D eigenvalue weighted by molar-refractivity contribution is 6.53. The summed E-state index contributed by atoms with van der Waals surface area (Å²) in [6.07, 6.45) is -10.8. The molecule has 3 aromatic rings. The summed E-state index contributed by atoms with van der Waals surface area (Å²) in [6.45, 7) is 0. The van der Waals surface area contributed by atoms with Gasteiger partial charge in [-0.05, 0) is 53.6 Å². The van der Waals surface area contributed by atoms with Crippen LogP contribution in [0, 0.1) is 17.6 Å². The predicted octanol–water partition coefficient (Wildman–Crippen LogP) is 8.19. The van der Waals surface area contributed by atoms with Gasteiger partial charge < -0.3 is 11.1 Å². The molecule has 2 unspecified atom stereocenters. The van der Waals surface area contributed by atoms with Gasteiger partial charge in [0.05, 0.1) is 22.1 Å². The lowest BCUT2D eigenvalue weighted by Gasteiger charge is -2.14. The lowest BCUT2D eigenvalue weighted by molar-refractivity contribution is -0.143. The quantitative estimate of drug-likeness (QED) is 0.123. The molecule has 218 valence electrons. The monoisotopic (exact) mass is 644 g/mol. The molecule has 3 aromatic carbocycles. The highest BCUT2D eigenvalue weighted by atomic mass is 35.5. The first kappa shape index (κ1) is 30.9. The van der Waals surface area contributed by atoms with Crippen LogP contribution in [0.15, 0.2) is 48.5 Å². The number of alkyl halides is 8. The van der Waals surface area contributed by atoms with E-state index in [0.717, 1.165) is 18.2 Å². The van der Waals surface area contributed by atoms with Gasteiger partial charge >= 0.3 is 12.4 Å². The van der Waals surface area contributed by atoms with E-state index in [9.17, 15) is 44.7 Å². The first-order valence-corrected chi connectivity index (χ1v) is 12.5. The molecule has 0 aromatic heterocycles. The molecule has 15 heteroatoms. The maximum absolute atomic E-state index is 14.3. The van der Waals surface area contributed by atoms with E-state index in [1.165, 1.54) is 12.1 Å². The molecule has 1 amide bonds. The Labute approximate surface area is 241 Å². The fourth-order valence-corrected chi connectivity index (χ4v) is 5.33. The molecule has 1 fully saturated rings. The van der Waals surface area contributed by atoms with Crippen molar-refractivity contribution >= 4 is 57.9 Å². The number of nitrogens with two attached hydrogens (primary N) is 1. The number of nitrogen functional groups attached to an aromatic ring is 1. The Kier molecular flexibility index (Phi) is 8.00. The molecular formula is C26H15Cl3F8N2O2. The van der Waals surface area contributed by atoms with Gasteiger partial charge in [-0.3, -0.25) is 9.59 Å². The maximum Gasteiger partial charge on any atom is 0.416 e. The van der Waals surface area contributed by atoms with Crippen molar-refractivity contribution in [3.8, 4) is 0 Å². The second kappa shape index (κ2) is 10.6. The number of anilines is 2. The number of amides is 1. The van der Waals surface area contributed by atoms with Crippen LogP contribution < -0.4 is 11.1 Å². The zero-order chi connectivity index (χ0) is 30.7. The molecule has 0 radical (unpaired) electrons. The van der Waals surface area contributed by atoms with Crippen molar-refractivity contribution in [2.75, 3.05) is 11.1 Å². The van der Waals surface area contributed by atoms with Gasteiger partial charge in [0.15, 0.2) is 11.6 Å². The van der Waals surface area contributed by atoms with Crippen molar-refractivity contribution in [1.82, 2.24) is 0 Å². The average Bonchev–Trinajstić information content (AvgIpc) is 3.46. The van der Waals surface area contributed by atoms with Gasteiger partial charge in [-0.2, -0.15) is 26.3 Å². The Morgan fingerprint density at radius 3 is 2.05 bits per heavy atom. The van der Waals surface area contributed by atoms with Crippen LogP contribution in [0.3, 0.4) is 0 Å². The molecule has 41 heavy (non-hydrogen) atoms. The highest BCUT2D eigenvalue weighted by Crippen LogP contribution is 2.65. The van der Waals surface area contributed by atoms with Crippen LogP contribution in [0.5, 0.6) is 0 Å². The SMILES string of the molecule is Nc1c(F)ccc(CC(=O)c2cc(NC(=O)C3C(c4cc(C(F)(F)F)cc(C(F)(F)F)c4)C3(Cl)Cl)ccc2Cl)c1F. The number of carbonyl (C=O) groups is 2. The first-order chi connectivity index (χ1) is 18.8. The molecule has 4 nitrogen and oxygen atoms in total. The van der Waals surface area contributed by atoms with E-state index in [4.69, 9.17) is 40.5 Å². The normalized spacial score (nSPS) is 18.2. The predicted molar refractivity (Wildman–Crippen MR) is 136 cm³/mol. The minimum absolute atomic E-state index is 0.0587. The molecule has 1 aliphatic carbocycles. The van der Waals surface area contributed by atoms with Crippen LogP contribution in [-0.2, 0) is 23.6 Å². The summed E-state index contributed by atoms with van der Waals surface area (Å²) in [4.78, 5) is 25.8. The minimum atomic E-state index is -5.13. The van der Waals surface area contributed by atoms with Crippen molar-refractivity contribution in [1.29, 1.82) is 0 Å². The smallest absolute Gasteiger partial charge is 0.394 e. The zero-order valence-corrected chi connectivity index (χ0v) is 22.3. The van der Waals surface area contributed by atoms with Crippen LogP contribution in [0.1, 0.15) is 38.5 Å². The van der Waals surface area contributed by atoms with Gasteiger partial charge in [0.25, 0.3) is 0 Å². The molecule has 3 N–H and O–H groups in total. The van der Waals surface area contributed by atoms with E-state index in [0.29, 0.717) is 12.1 Å². The third-order valence-corrected chi connectivity index (χ3v) is 7.67. The summed E-state index contributed by atoms with van der Waals surface area (Å²) >= 11 is 18.3. The van der Waals surface area contributed by atoms with E-state index < -0.39 is 80.6 Å². The number of Topliss-reactive ketones (excluding diaryl/α,β-unsaturated/α-hetero) is 1. The molecular weight excluding hydrogens is 631 g/mol. The van der Waals surface area contributed by atoms with Crippen LogP contribution in [0.25, 0.3) is 0 Å². The summed E-state index contributed by atoms with van der Waals surface area (Å²) in [7, 11) is 0. The van der Waals surface area contributed by atoms with E-state index in [-0.39, 0.29) is 27.9 Å². The van der Waals surface area contributed by atoms with Gasteiger partial charge in [-0.1, -0.05) is 17.7 Å². The Hall–Kier alpha value is -3.09. The van der Waals surface area contributed by atoms with Crippen LogP contribution in [-0.4, -0.2) is 16.0 Å². The highest BCUT2D eigenvalue weighted by Gasteiger charge is 2.68. The Morgan fingerprint density at radius 2 is 1.49 bits per heavy atom. The van der Waals surface area contributed by atoms with Crippen molar-refractivity contribution in [2.24, 2.45) is 5.92 Å². The number of rotatable bonds is 6. The molecule has 1 saturated carbocycles.